The second-order valence-electron chi connectivity index (χ2n) is 4.91. The van der Waals surface area contributed by atoms with Crippen molar-refractivity contribution in [1.29, 1.82) is 0 Å². The van der Waals surface area contributed by atoms with Gasteiger partial charge < -0.3 is 4.74 Å². The highest BCUT2D eigenvalue weighted by molar-refractivity contribution is 8.00. The van der Waals surface area contributed by atoms with Crippen molar-refractivity contribution in [3.8, 4) is 10.6 Å². The number of hydrogen-bond acceptors (Lipinski definition) is 5. The van der Waals surface area contributed by atoms with Gasteiger partial charge in [0.05, 0.1) is 11.4 Å². The summed E-state index contributed by atoms with van der Waals surface area (Å²) in [6.07, 6.45) is 0. The molecule has 0 aliphatic rings. The molecule has 0 amide bonds. The van der Waals surface area contributed by atoms with E-state index >= 15 is 0 Å². The van der Waals surface area contributed by atoms with Gasteiger partial charge in [-0.2, -0.15) is 0 Å². The van der Waals surface area contributed by atoms with E-state index < -0.39 is 0 Å². The maximum Gasteiger partial charge on any atom is 0.316 e. The Hall–Kier alpha value is -2.18. The van der Waals surface area contributed by atoms with Gasteiger partial charge >= 0.3 is 5.97 Å². The van der Waals surface area contributed by atoms with Crippen LogP contribution in [0.5, 0.6) is 0 Å². The van der Waals surface area contributed by atoms with Crippen molar-refractivity contribution in [3.63, 3.8) is 0 Å². The van der Waals surface area contributed by atoms with E-state index in [2.05, 4.69) is 4.98 Å². The van der Waals surface area contributed by atoms with Crippen molar-refractivity contribution in [1.82, 2.24) is 4.98 Å². The van der Waals surface area contributed by atoms with Gasteiger partial charge in [0.25, 0.3) is 0 Å². The number of thioether (sulfide) groups is 1. The molecule has 0 atom stereocenters. The van der Waals surface area contributed by atoms with E-state index in [1.807, 2.05) is 35.7 Å². The summed E-state index contributed by atoms with van der Waals surface area (Å²) in [7, 11) is 0. The van der Waals surface area contributed by atoms with E-state index in [1.54, 1.807) is 12.1 Å². The normalized spacial score (nSPS) is 10.5. The lowest BCUT2D eigenvalue weighted by Crippen LogP contribution is -2.07. The zero-order valence-electron chi connectivity index (χ0n) is 12.6. The monoisotopic (exact) mass is 359 g/mol. The number of ether oxygens (including phenoxy) is 1. The van der Waals surface area contributed by atoms with Gasteiger partial charge in [-0.15, -0.1) is 23.1 Å². The van der Waals surface area contributed by atoms with E-state index in [0.717, 1.165) is 15.5 Å². The molecule has 0 bridgehead atoms. The maximum atomic E-state index is 12.9. The quantitative estimate of drug-likeness (QED) is 0.469. The molecule has 0 aliphatic heterocycles. The smallest absolute Gasteiger partial charge is 0.316 e. The third-order valence-corrected chi connectivity index (χ3v) is 5.05. The number of nitrogens with zero attached hydrogens (tertiary/aromatic N) is 1. The number of carbonyl (C=O) groups is 1. The topological polar surface area (TPSA) is 39.2 Å². The average molecular weight is 359 g/mol. The molecule has 0 saturated heterocycles. The van der Waals surface area contributed by atoms with Crippen LogP contribution >= 0.6 is 23.1 Å². The first-order chi connectivity index (χ1) is 11.7. The van der Waals surface area contributed by atoms with Gasteiger partial charge in [0, 0.05) is 15.8 Å². The first kappa shape index (κ1) is 16.7. The summed E-state index contributed by atoms with van der Waals surface area (Å²) < 4.78 is 18.2. The minimum Gasteiger partial charge on any atom is -0.459 e. The molecular formula is C18H14FNO2S2. The number of aromatic nitrogens is 1. The summed E-state index contributed by atoms with van der Waals surface area (Å²) in [5.74, 6) is -0.292. The molecule has 24 heavy (non-hydrogen) atoms. The molecule has 1 heterocycles. The lowest BCUT2D eigenvalue weighted by molar-refractivity contribution is -0.141. The maximum absolute atomic E-state index is 12.9. The molecule has 0 unspecified atom stereocenters. The lowest BCUT2D eigenvalue weighted by atomic mass is 10.2. The molecule has 0 radical (unpaired) electrons. The standard InChI is InChI=1S/C18H14FNO2S2/c19-14-8-6-13(7-9-14)18-20-15(11-24-18)10-22-17(21)12-23-16-4-2-1-3-5-16/h1-9,11H,10,12H2. The van der Waals surface area contributed by atoms with E-state index in [9.17, 15) is 9.18 Å². The van der Waals surface area contributed by atoms with E-state index in [-0.39, 0.29) is 24.1 Å². The Morgan fingerprint density at radius 2 is 1.88 bits per heavy atom. The van der Waals surface area contributed by atoms with Crippen molar-refractivity contribution in [3.05, 3.63) is 71.5 Å². The van der Waals surface area contributed by atoms with E-state index in [1.165, 1.54) is 35.2 Å². The van der Waals surface area contributed by atoms with Crippen LogP contribution in [-0.4, -0.2) is 16.7 Å². The summed E-state index contributed by atoms with van der Waals surface area (Å²) in [6.45, 7) is 0.145. The van der Waals surface area contributed by atoms with Crippen LogP contribution in [0.1, 0.15) is 5.69 Å². The van der Waals surface area contributed by atoms with Crippen LogP contribution in [0.3, 0.4) is 0 Å². The molecule has 0 fully saturated rings. The van der Waals surface area contributed by atoms with Crippen LogP contribution in [0.4, 0.5) is 4.39 Å². The van der Waals surface area contributed by atoms with Gasteiger partial charge in [-0.25, -0.2) is 9.37 Å². The third kappa shape index (κ3) is 4.66. The van der Waals surface area contributed by atoms with Gasteiger partial charge in [0.2, 0.25) is 0 Å². The number of benzene rings is 2. The minimum atomic E-state index is -0.278. The number of thiazole rings is 1. The molecule has 6 heteroatoms. The number of carbonyl (C=O) groups excluding carboxylic acids is 1. The Labute approximate surface area is 147 Å². The van der Waals surface area contributed by atoms with Crippen LogP contribution in [0.25, 0.3) is 10.6 Å². The minimum absolute atomic E-state index is 0.145. The number of hydrogen-bond donors (Lipinski definition) is 0. The van der Waals surface area contributed by atoms with Gasteiger partial charge in [0.1, 0.15) is 17.4 Å². The fourth-order valence-corrected chi connectivity index (χ4v) is 3.48. The highest BCUT2D eigenvalue weighted by Gasteiger charge is 2.08. The number of esters is 1. The second-order valence-corrected chi connectivity index (χ2v) is 6.82. The van der Waals surface area contributed by atoms with Gasteiger partial charge in [-0.1, -0.05) is 18.2 Å². The zero-order valence-corrected chi connectivity index (χ0v) is 14.3. The molecular weight excluding hydrogens is 345 g/mol. The Bertz CT molecular complexity index is 803. The van der Waals surface area contributed by atoms with Crippen LogP contribution in [0.15, 0.2) is 64.9 Å². The summed E-state index contributed by atoms with van der Waals surface area (Å²) in [5, 5.41) is 2.62. The Balaban J connectivity index is 1.50. The van der Waals surface area contributed by atoms with Crippen molar-refractivity contribution >= 4 is 29.1 Å². The Morgan fingerprint density at radius 3 is 2.62 bits per heavy atom. The van der Waals surface area contributed by atoms with Crippen molar-refractivity contribution < 1.29 is 13.9 Å². The molecule has 0 spiro atoms. The molecule has 1 aromatic heterocycles. The SMILES string of the molecule is O=C(CSc1ccccc1)OCc1csc(-c2ccc(F)cc2)n1. The van der Waals surface area contributed by atoms with Crippen molar-refractivity contribution in [2.24, 2.45) is 0 Å². The Kier molecular flexibility index (Phi) is 5.61. The number of rotatable bonds is 6. The highest BCUT2D eigenvalue weighted by Crippen LogP contribution is 2.24. The van der Waals surface area contributed by atoms with Crippen LogP contribution < -0.4 is 0 Å². The van der Waals surface area contributed by atoms with Gasteiger partial charge in [-0.05, 0) is 36.4 Å². The largest absolute Gasteiger partial charge is 0.459 e. The van der Waals surface area contributed by atoms with E-state index in [4.69, 9.17) is 4.74 Å². The predicted octanol–water partition coefficient (Wildman–Crippen LogP) is 4.78. The lowest BCUT2D eigenvalue weighted by Gasteiger charge is -2.03. The molecule has 122 valence electrons. The summed E-state index contributed by atoms with van der Waals surface area (Å²) in [4.78, 5) is 17.2. The molecule has 2 aromatic carbocycles. The Morgan fingerprint density at radius 1 is 1.12 bits per heavy atom. The zero-order chi connectivity index (χ0) is 16.8. The van der Waals surface area contributed by atoms with Gasteiger partial charge in [-0.3, -0.25) is 4.79 Å². The average Bonchev–Trinajstić information content (AvgIpc) is 3.09. The summed E-state index contributed by atoms with van der Waals surface area (Å²) in [6, 6.07) is 15.9. The van der Waals surface area contributed by atoms with Crippen molar-refractivity contribution in [2.45, 2.75) is 11.5 Å². The van der Waals surface area contributed by atoms with Crippen LogP contribution in [0.2, 0.25) is 0 Å². The van der Waals surface area contributed by atoms with E-state index in [0.29, 0.717) is 5.69 Å². The molecule has 3 aromatic rings. The van der Waals surface area contributed by atoms with Crippen LogP contribution in [-0.2, 0) is 16.1 Å². The summed E-state index contributed by atoms with van der Waals surface area (Å²) >= 11 is 2.88. The molecule has 3 rings (SSSR count). The molecule has 0 saturated carbocycles. The van der Waals surface area contributed by atoms with Gasteiger partial charge in [0.15, 0.2) is 0 Å². The summed E-state index contributed by atoms with van der Waals surface area (Å²) in [5.41, 5.74) is 1.54. The van der Waals surface area contributed by atoms with Crippen LogP contribution in [0, 0.1) is 5.82 Å². The van der Waals surface area contributed by atoms with Crippen molar-refractivity contribution in [2.75, 3.05) is 5.75 Å². The third-order valence-electron chi connectivity index (χ3n) is 3.12. The molecule has 0 aliphatic carbocycles. The predicted molar refractivity (Wildman–Crippen MR) is 94.5 cm³/mol. The molecule has 0 N–H and O–H groups in total. The number of halogens is 1. The first-order valence-electron chi connectivity index (χ1n) is 7.24. The second kappa shape index (κ2) is 8.08. The fraction of sp³-hybridized carbons (Fsp3) is 0.111. The fourth-order valence-electron chi connectivity index (χ4n) is 1.95. The first-order valence-corrected chi connectivity index (χ1v) is 9.11. The highest BCUT2D eigenvalue weighted by atomic mass is 32.2. The molecule has 3 nitrogen and oxygen atoms in total.